The van der Waals surface area contributed by atoms with E-state index in [0.29, 0.717) is 0 Å². The lowest BCUT2D eigenvalue weighted by molar-refractivity contribution is -0.116. The van der Waals surface area contributed by atoms with Gasteiger partial charge in [0.15, 0.2) is 5.78 Å². The van der Waals surface area contributed by atoms with Gasteiger partial charge in [0.05, 0.1) is 11.8 Å². The summed E-state index contributed by atoms with van der Waals surface area (Å²) < 4.78 is 11.7. The molecule has 0 aliphatic carbocycles. The number of hydrogen-bond acceptors (Lipinski definition) is 1. The van der Waals surface area contributed by atoms with E-state index in [4.69, 9.17) is 0 Å². The highest BCUT2D eigenvalue weighted by molar-refractivity contribution is 6.00. The normalized spacial score (nSPS) is 25.8. The van der Waals surface area contributed by atoms with Crippen molar-refractivity contribution in [1.82, 2.24) is 5.32 Å². The highest BCUT2D eigenvalue weighted by Crippen LogP contribution is 2.07. The molecular formula is C6H6FNO. The molecule has 0 aromatic carbocycles. The summed E-state index contributed by atoms with van der Waals surface area (Å²) in [6.07, 6.45) is 2.32. The Morgan fingerprint density at radius 1 is 1.89 bits per heavy atom. The zero-order valence-corrected chi connectivity index (χ0v) is 5.02. The third-order valence-corrected chi connectivity index (χ3v) is 1.20. The monoisotopic (exact) mass is 127 g/mol. The third-order valence-electron chi connectivity index (χ3n) is 1.20. The molecule has 48 valence electrons. The molecule has 2 nitrogen and oxygen atoms in total. The number of carbonyl (C=O) groups excluding carboxylic acids is 1. The molecule has 0 amide bonds. The maximum Gasteiger partial charge on any atom is 0.187 e. The van der Waals surface area contributed by atoms with Crippen molar-refractivity contribution in [2.45, 2.75) is 13.0 Å². The molecule has 1 unspecified atom stereocenters. The number of carbonyl (C=O) groups is 1. The average Bonchev–Trinajstić information content (AvgIpc) is 2.15. The Hall–Kier alpha value is -0.860. The van der Waals surface area contributed by atoms with E-state index < -0.39 is 12.7 Å². The summed E-state index contributed by atoms with van der Waals surface area (Å²) in [7, 11) is 0. The van der Waals surface area contributed by atoms with Gasteiger partial charge >= 0.3 is 0 Å². The van der Waals surface area contributed by atoms with Crippen LogP contribution in [0.4, 0.5) is 4.39 Å². The van der Waals surface area contributed by atoms with E-state index in [2.05, 4.69) is 11.5 Å². The molecular weight excluding hydrogens is 121 g/mol. The maximum absolute atomic E-state index is 11.7. The summed E-state index contributed by atoms with van der Waals surface area (Å²) in [6, 6.07) is -0.407. The maximum atomic E-state index is 11.7. The number of Topliss-reactive ketones (excluding diaryl/α,β-unsaturated/α-hetero) is 1. The number of nitrogens with zero attached hydrogens (tertiary/aromatic N) is 1. The van der Waals surface area contributed by atoms with Gasteiger partial charge in [-0.2, -0.15) is 0 Å². The molecule has 1 heterocycles. The van der Waals surface area contributed by atoms with Crippen LogP contribution in [-0.2, 0) is 4.79 Å². The van der Waals surface area contributed by atoms with Gasteiger partial charge in [-0.25, -0.2) is 4.39 Å². The molecule has 2 radical (unpaired) electrons. The Labute approximate surface area is 52.7 Å². The molecule has 0 N–H and O–H groups in total. The standard InChI is InChI=1S/C6H6FNO/c1-4-6(9)5(2-7)3-8-4/h4H,2H2,1H3. The van der Waals surface area contributed by atoms with Crippen molar-refractivity contribution in [3.05, 3.63) is 11.8 Å². The minimum absolute atomic E-state index is 0.0718. The Bertz CT molecular complexity index is 164. The predicted octanol–water partition coefficient (Wildman–Crippen LogP) is 0.219. The van der Waals surface area contributed by atoms with Gasteiger partial charge in [0.25, 0.3) is 0 Å². The number of alkyl halides is 1. The summed E-state index contributed by atoms with van der Waals surface area (Å²) in [6.45, 7) is 0.880. The van der Waals surface area contributed by atoms with Crippen molar-refractivity contribution in [3.63, 3.8) is 0 Å². The SMILES string of the molecule is CC1[N][C]=C(CF)C1=O. The van der Waals surface area contributed by atoms with E-state index in [9.17, 15) is 9.18 Å². The van der Waals surface area contributed by atoms with E-state index in [0.717, 1.165) is 0 Å². The number of rotatable bonds is 1. The highest BCUT2D eigenvalue weighted by atomic mass is 19.1. The van der Waals surface area contributed by atoms with Crippen LogP contribution in [-0.4, -0.2) is 18.5 Å². The fourth-order valence-electron chi connectivity index (χ4n) is 0.636. The third kappa shape index (κ3) is 0.943. The van der Waals surface area contributed by atoms with Crippen LogP contribution >= 0.6 is 0 Å². The van der Waals surface area contributed by atoms with Crippen LogP contribution in [0.15, 0.2) is 5.57 Å². The molecule has 0 saturated heterocycles. The zero-order chi connectivity index (χ0) is 6.85. The smallest absolute Gasteiger partial charge is 0.187 e. The van der Waals surface area contributed by atoms with Crippen LogP contribution in [0.5, 0.6) is 0 Å². The molecule has 3 heteroatoms. The van der Waals surface area contributed by atoms with Gasteiger partial charge in [-0.15, -0.1) is 0 Å². The van der Waals surface area contributed by atoms with Crippen molar-refractivity contribution in [3.8, 4) is 0 Å². The van der Waals surface area contributed by atoms with E-state index >= 15 is 0 Å². The van der Waals surface area contributed by atoms with Gasteiger partial charge in [-0.05, 0) is 6.92 Å². The highest BCUT2D eigenvalue weighted by Gasteiger charge is 2.24. The van der Waals surface area contributed by atoms with Crippen LogP contribution in [0.3, 0.4) is 0 Å². The molecule has 0 bridgehead atoms. The summed E-state index contributed by atoms with van der Waals surface area (Å²) in [4.78, 5) is 10.7. The lowest BCUT2D eigenvalue weighted by Crippen LogP contribution is -2.18. The summed E-state index contributed by atoms with van der Waals surface area (Å²) >= 11 is 0. The Kier molecular flexibility index (Phi) is 1.51. The van der Waals surface area contributed by atoms with Gasteiger partial charge in [-0.1, -0.05) is 0 Å². The first-order chi connectivity index (χ1) is 4.25. The van der Waals surface area contributed by atoms with Crippen LogP contribution in [0.25, 0.3) is 0 Å². The van der Waals surface area contributed by atoms with Crippen molar-refractivity contribution in [1.29, 1.82) is 0 Å². The first-order valence-corrected chi connectivity index (χ1v) is 2.67. The first-order valence-electron chi connectivity index (χ1n) is 2.67. The lowest BCUT2D eigenvalue weighted by atomic mass is 10.1. The Morgan fingerprint density at radius 2 is 2.56 bits per heavy atom. The zero-order valence-electron chi connectivity index (χ0n) is 5.02. The fourth-order valence-corrected chi connectivity index (χ4v) is 0.636. The summed E-state index contributed by atoms with van der Waals surface area (Å²) in [5, 5.41) is 3.59. The molecule has 0 spiro atoms. The van der Waals surface area contributed by atoms with Crippen LogP contribution in [0.1, 0.15) is 6.92 Å². The first kappa shape index (κ1) is 6.26. The molecule has 0 aromatic heterocycles. The van der Waals surface area contributed by atoms with Crippen molar-refractivity contribution >= 4 is 5.78 Å². The minimum atomic E-state index is -0.743. The van der Waals surface area contributed by atoms with E-state index in [1.54, 1.807) is 6.92 Å². The van der Waals surface area contributed by atoms with E-state index in [1.807, 2.05) is 0 Å². The van der Waals surface area contributed by atoms with Crippen molar-refractivity contribution in [2.75, 3.05) is 6.67 Å². The predicted molar refractivity (Wildman–Crippen MR) is 29.3 cm³/mol. The Morgan fingerprint density at radius 3 is 2.78 bits per heavy atom. The number of ketones is 1. The molecule has 0 saturated carbocycles. The van der Waals surface area contributed by atoms with Crippen LogP contribution < -0.4 is 5.32 Å². The molecule has 1 atom stereocenters. The van der Waals surface area contributed by atoms with Crippen LogP contribution in [0.2, 0.25) is 0 Å². The summed E-state index contributed by atoms with van der Waals surface area (Å²) in [5.41, 5.74) is 0.0718. The van der Waals surface area contributed by atoms with E-state index in [-0.39, 0.29) is 11.4 Å². The largest absolute Gasteiger partial charge is 0.292 e. The minimum Gasteiger partial charge on any atom is -0.292 e. The molecule has 1 aliphatic heterocycles. The van der Waals surface area contributed by atoms with Crippen molar-refractivity contribution in [2.24, 2.45) is 0 Å². The molecule has 0 fully saturated rings. The lowest BCUT2D eigenvalue weighted by Gasteiger charge is -1.95. The van der Waals surface area contributed by atoms with Gasteiger partial charge in [-0.3, -0.25) is 10.1 Å². The molecule has 1 rings (SSSR count). The van der Waals surface area contributed by atoms with Gasteiger partial charge in [0.2, 0.25) is 0 Å². The number of hydrogen-bond donors (Lipinski definition) is 0. The average molecular weight is 127 g/mol. The molecule has 9 heavy (non-hydrogen) atoms. The van der Waals surface area contributed by atoms with Gasteiger partial charge < -0.3 is 0 Å². The quantitative estimate of drug-likeness (QED) is 0.495. The summed E-state index contributed by atoms with van der Waals surface area (Å²) in [5.74, 6) is -0.238. The van der Waals surface area contributed by atoms with Gasteiger partial charge in [0, 0.05) is 0 Å². The second kappa shape index (κ2) is 2.17. The second-order valence-electron chi connectivity index (χ2n) is 1.89. The fraction of sp³-hybridized carbons (Fsp3) is 0.500. The molecule has 0 aromatic rings. The van der Waals surface area contributed by atoms with Gasteiger partial charge in [0.1, 0.15) is 12.7 Å². The van der Waals surface area contributed by atoms with Crippen molar-refractivity contribution < 1.29 is 9.18 Å². The topological polar surface area (TPSA) is 31.2 Å². The second-order valence-corrected chi connectivity index (χ2v) is 1.89. The van der Waals surface area contributed by atoms with Crippen LogP contribution in [0, 0.1) is 6.20 Å². The number of halogens is 1. The van der Waals surface area contributed by atoms with E-state index in [1.165, 1.54) is 0 Å². The Balaban J connectivity index is 2.67. The molecule has 1 aliphatic rings.